The van der Waals surface area contributed by atoms with E-state index >= 15 is 0 Å². The van der Waals surface area contributed by atoms with Crippen molar-refractivity contribution in [2.45, 2.75) is 45.1 Å². The standard InChI is InChI=1S/C18H24N6O.2C2HF3O2/c1-21(13-17-4-3-7-25-17)11-16-12-24-6-5-23(14-18(24)20-16)10-15-8-19-22(2)9-15;2*3-2(4,5)1(6)7/h3-4,7-9,12H,5-6,10-11,13-14H2,1-2H3;2*(H,6,7). The molecule has 1 aliphatic rings. The van der Waals surface area contributed by atoms with E-state index in [2.05, 4.69) is 38.9 Å². The summed E-state index contributed by atoms with van der Waals surface area (Å²) >= 11 is 0. The molecule has 1 aliphatic heterocycles. The first-order chi connectivity index (χ1) is 18.0. The fourth-order valence-electron chi connectivity index (χ4n) is 3.39. The largest absolute Gasteiger partial charge is 0.490 e. The lowest BCUT2D eigenvalue weighted by atomic mass is 10.3. The van der Waals surface area contributed by atoms with Crippen LogP contribution in [0.4, 0.5) is 26.3 Å². The molecule has 2 N–H and O–H groups in total. The highest BCUT2D eigenvalue weighted by Crippen LogP contribution is 2.17. The maximum absolute atomic E-state index is 10.6. The average molecular weight is 568 g/mol. The van der Waals surface area contributed by atoms with Gasteiger partial charge in [-0.25, -0.2) is 14.6 Å². The molecule has 11 nitrogen and oxygen atoms in total. The van der Waals surface area contributed by atoms with Gasteiger partial charge in [0.05, 0.1) is 31.2 Å². The Morgan fingerprint density at radius 2 is 1.67 bits per heavy atom. The summed E-state index contributed by atoms with van der Waals surface area (Å²) in [7, 11) is 4.05. The molecule has 0 fully saturated rings. The van der Waals surface area contributed by atoms with Crippen molar-refractivity contribution in [3.8, 4) is 0 Å². The Kier molecular flexibility index (Phi) is 10.7. The van der Waals surface area contributed by atoms with Crippen LogP contribution in [-0.2, 0) is 49.4 Å². The molecular weight excluding hydrogens is 542 g/mol. The van der Waals surface area contributed by atoms with Gasteiger partial charge in [-0.15, -0.1) is 0 Å². The third-order valence-electron chi connectivity index (χ3n) is 5.02. The van der Waals surface area contributed by atoms with Crippen LogP contribution < -0.4 is 0 Å². The molecule has 0 saturated heterocycles. The van der Waals surface area contributed by atoms with Gasteiger partial charge in [0.1, 0.15) is 11.6 Å². The number of aryl methyl sites for hydroxylation is 1. The fourth-order valence-corrected chi connectivity index (χ4v) is 3.39. The van der Waals surface area contributed by atoms with Crippen LogP contribution in [0, 0.1) is 0 Å². The molecule has 3 aromatic heterocycles. The molecule has 0 amide bonds. The number of carboxylic acid groups (broad SMARTS) is 2. The third-order valence-corrected chi connectivity index (χ3v) is 5.02. The number of imidazole rings is 1. The van der Waals surface area contributed by atoms with E-state index in [1.165, 1.54) is 5.56 Å². The fraction of sp³-hybridized carbons (Fsp3) is 0.455. The molecule has 3 aromatic rings. The van der Waals surface area contributed by atoms with Gasteiger partial charge in [0, 0.05) is 51.2 Å². The highest BCUT2D eigenvalue weighted by Gasteiger charge is 2.38. The van der Waals surface area contributed by atoms with Crippen LogP contribution in [0.25, 0.3) is 0 Å². The smallest absolute Gasteiger partial charge is 0.475 e. The number of carboxylic acids is 2. The summed E-state index contributed by atoms with van der Waals surface area (Å²) in [6.07, 6.45) is -2.24. The number of halogens is 6. The minimum absolute atomic E-state index is 0.794. The zero-order chi connectivity index (χ0) is 29.4. The zero-order valence-corrected chi connectivity index (χ0v) is 20.8. The zero-order valence-electron chi connectivity index (χ0n) is 20.8. The Hall–Kier alpha value is -3.86. The molecule has 216 valence electrons. The van der Waals surface area contributed by atoms with Crippen LogP contribution in [0.1, 0.15) is 22.8 Å². The monoisotopic (exact) mass is 568 g/mol. The van der Waals surface area contributed by atoms with Gasteiger partial charge in [-0.05, 0) is 19.2 Å². The number of aliphatic carboxylic acids is 2. The predicted octanol–water partition coefficient (Wildman–Crippen LogP) is 3.12. The minimum Gasteiger partial charge on any atom is -0.475 e. The number of carbonyl (C=O) groups is 2. The highest BCUT2D eigenvalue weighted by molar-refractivity contribution is 5.73. The average Bonchev–Trinajstić information content (AvgIpc) is 3.54. The van der Waals surface area contributed by atoms with Crippen molar-refractivity contribution in [2.24, 2.45) is 7.05 Å². The summed E-state index contributed by atoms with van der Waals surface area (Å²) in [5, 5.41) is 18.5. The summed E-state index contributed by atoms with van der Waals surface area (Å²) in [6.45, 7) is 5.46. The number of aromatic nitrogens is 4. The quantitative estimate of drug-likeness (QED) is 0.431. The van der Waals surface area contributed by atoms with Crippen molar-refractivity contribution >= 4 is 11.9 Å². The van der Waals surface area contributed by atoms with E-state index in [1.807, 2.05) is 30.1 Å². The summed E-state index contributed by atoms with van der Waals surface area (Å²) in [5.41, 5.74) is 2.37. The number of hydrogen-bond acceptors (Lipinski definition) is 7. The molecule has 17 heteroatoms. The number of fused-ring (bicyclic) bond motifs is 1. The van der Waals surface area contributed by atoms with Crippen molar-refractivity contribution in [3.63, 3.8) is 0 Å². The van der Waals surface area contributed by atoms with Crippen molar-refractivity contribution in [2.75, 3.05) is 13.6 Å². The van der Waals surface area contributed by atoms with Crippen LogP contribution in [-0.4, -0.2) is 77.2 Å². The predicted molar refractivity (Wildman–Crippen MR) is 121 cm³/mol. The number of nitrogens with zero attached hydrogens (tertiary/aromatic N) is 6. The third kappa shape index (κ3) is 10.8. The molecule has 0 unspecified atom stereocenters. The molecular formula is C22H26F6N6O5. The lowest BCUT2D eigenvalue weighted by Gasteiger charge is -2.26. The Balaban J connectivity index is 0.000000317. The van der Waals surface area contributed by atoms with E-state index in [-0.39, 0.29) is 0 Å². The van der Waals surface area contributed by atoms with Crippen molar-refractivity contribution in [1.29, 1.82) is 0 Å². The maximum Gasteiger partial charge on any atom is 0.490 e. The highest BCUT2D eigenvalue weighted by atomic mass is 19.4. The summed E-state index contributed by atoms with van der Waals surface area (Å²) in [5.74, 6) is -3.38. The summed E-state index contributed by atoms with van der Waals surface area (Å²) < 4.78 is 73.0. The Labute approximate surface area is 217 Å². The molecule has 4 heterocycles. The van der Waals surface area contributed by atoms with Crippen LogP contribution >= 0.6 is 0 Å². The first-order valence-corrected chi connectivity index (χ1v) is 11.1. The van der Waals surface area contributed by atoms with Crippen molar-refractivity contribution < 1.29 is 50.6 Å². The molecule has 0 saturated carbocycles. The lowest BCUT2D eigenvalue weighted by molar-refractivity contribution is -0.193. The Morgan fingerprint density at radius 3 is 2.15 bits per heavy atom. The second-order valence-corrected chi connectivity index (χ2v) is 8.43. The number of alkyl halides is 6. The van der Waals surface area contributed by atoms with Gasteiger partial charge in [-0.3, -0.25) is 14.5 Å². The van der Waals surface area contributed by atoms with Crippen molar-refractivity contribution in [3.05, 3.63) is 59.8 Å². The lowest BCUT2D eigenvalue weighted by Crippen LogP contribution is -2.33. The maximum atomic E-state index is 10.6. The molecule has 0 aromatic carbocycles. The van der Waals surface area contributed by atoms with E-state index in [0.29, 0.717) is 0 Å². The first-order valence-electron chi connectivity index (χ1n) is 11.1. The van der Waals surface area contributed by atoms with Gasteiger partial charge < -0.3 is 19.2 Å². The Morgan fingerprint density at radius 1 is 1.05 bits per heavy atom. The van der Waals surface area contributed by atoms with Gasteiger partial charge in [0.25, 0.3) is 0 Å². The molecule has 4 rings (SSSR count). The van der Waals surface area contributed by atoms with E-state index in [9.17, 15) is 26.3 Å². The number of furan rings is 1. The van der Waals surface area contributed by atoms with Gasteiger partial charge in [-0.2, -0.15) is 31.4 Å². The van der Waals surface area contributed by atoms with Crippen LogP contribution in [0.3, 0.4) is 0 Å². The number of hydrogen-bond donors (Lipinski definition) is 2. The summed E-state index contributed by atoms with van der Waals surface area (Å²) in [4.78, 5) is 27.3. The SMILES string of the molecule is CN(Cc1cn2c(n1)CN(Cc1cnn(C)c1)CC2)Cc1ccco1.O=C(O)C(F)(F)F.O=C(O)C(F)(F)F. The Bertz CT molecular complexity index is 1180. The van der Waals surface area contributed by atoms with Crippen LogP contribution in [0.2, 0.25) is 0 Å². The van der Waals surface area contributed by atoms with E-state index < -0.39 is 24.3 Å². The minimum atomic E-state index is -5.08. The molecule has 0 bridgehead atoms. The first kappa shape index (κ1) is 31.4. The molecule has 0 aliphatic carbocycles. The van der Waals surface area contributed by atoms with E-state index in [4.69, 9.17) is 29.2 Å². The van der Waals surface area contributed by atoms with Crippen molar-refractivity contribution in [1.82, 2.24) is 29.1 Å². The summed E-state index contributed by atoms with van der Waals surface area (Å²) in [6, 6.07) is 3.93. The topological polar surface area (TPSA) is 130 Å². The second-order valence-electron chi connectivity index (χ2n) is 8.43. The molecule has 0 atom stereocenters. The normalized spacial score (nSPS) is 13.7. The van der Waals surface area contributed by atoms with E-state index in [0.717, 1.165) is 56.5 Å². The van der Waals surface area contributed by atoms with Gasteiger partial charge >= 0.3 is 24.3 Å². The number of rotatable bonds is 6. The molecule has 39 heavy (non-hydrogen) atoms. The second kappa shape index (κ2) is 13.3. The van der Waals surface area contributed by atoms with Gasteiger partial charge in [0.2, 0.25) is 0 Å². The molecule has 0 radical (unpaired) electrons. The van der Waals surface area contributed by atoms with Gasteiger partial charge in [0.15, 0.2) is 0 Å². The van der Waals surface area contributed by atoms with Gasteiger partial charge in [-0.1, -0.05) is 0 Å². The van der Waals surface area contributed by atoms with Crippen LogP contribution in [0.5, 0.6) is 0 Å². The van der Waals surface area contributed by atoms with Crippen LogP contribution in [0.15, 0.2) is 41.4 Å². The molecule has 0 spiro atoms. The van der Waals surface area contributed by atoms with E-state index in [1.54, 1.807) is 6.26 Å².